The summed E-state index contributed by atoms with van der Waals surface area (Å²) in [7, 11) is 0. The Morgan fingerprint density at radius 3 is 2.78 bits per heavy atom. The molecule has 0 aromatic heterocycles. The fourth-order valence-corrected chi connectivity index (χ4v) is 1.66. The van der Waals surface area contributed by atoms with Crippen LogP contribution in [0, 0.1) is 17.1 Å². The number of halogens is 2. The highest BCUT2D eigenvalue weighted by molar-refractivity contribution is 6.31. The molecule has 0 spiro atoms. The fourth-order valence-electron chi connectivity index (χ4n) is 1.49. The van der Waals surface area contributed by atoms with Gasteiger partial charge in [-0.05, 0) is 24.3 Å². The molecular formula is C13H9ClFN3. The average molecular weight is 262 g/mol. The van der Waals surface area contributed by atoms with E-state index >= 15 is 0 Å². The molecule has 0 saturated heterocycles. The highest BCUT2D eigenvalue weighted by atomic mass is 35.5. The van der Waals surface area contributed by atoms with Crippen LogP contribution in [0.5, 0.6) is 0 Å². The van der Waals surface area contributed by atoms with Gasteiger partial charge in [0, 0.05) is 11.8 Å². The van der Waals surface area contributed by atoms with Gasteiger partial charge in [-0.25, -0.2) is 4.39 Å². The Hall–Kier alpha value is -2.25. The maximum atomic E-state index is 13.3. The van der Waals surface area contributed by atoms with E-state index in [2.05, 4.69) is 5.32 Å². The lowest BCUT2D eigenvalue weighted by Gasteiger charge is -2.10. The van der Waals surface area contributed by atoms with E-state index in [-0.39, 0.29) is 5.02 Å². The summed E-state index contributed by atoms with van der Waals surface area (Å²) in [5.74, 6) is -0.551. The van der Waals surface area contributed by atoms with Gasteiger partial charge in [0.15, 0.2) is 0 Å². The third kappa shape index (κ3) is 2.53. The summed E-state index contributed by atoms with van der Waals surface area (Å²) in [4.78, 5) is 0. The van der Waals surface area contributed by atoms with Crippen molar-refractivity contribution in [1.29, 1.82) is 5.26 Å². The predicted molar refractivity (Wildman–Crippen MR) is 70.3 cm³/mol. The third-order valence-corrected chi connectivity index (χ3v) is 2.65. The molecule has 18 heavy (non-hydrogen) atoms. The molecule has 5 heteroatoms. The lowest BCUT2D eigenvalue weighted by molar-refractivity contribution is 0.629. The van der Waals surface area contributed by atoms with Gasteiger partial charge in [0.05, 0.1) is 28.0 Å². The van der Waals surface area contributed by atoms with E-state index in [4.69, 9.17) is 22.6 Å². The van der Waals surface area contributed by atoms with Crippen LogP contribution in [-0.4, -0.2) is 0 Å². The Kier molecular flexibility index (Phi) is 3.35. The molecule has 0 aliphatic carbocycles. The summed E-state index contributed by atoms with van der Waals surface area (Å²) in [5, 5.41) is 11.7. The number of nitrogens with zero attached hydrogens (tertiary/aromatic N) is 1. The molecule has 90 valence electrons. The Morgan fingerprint density at radius 1 is 1.28 bits per heavy atom. The SMILES string of the molecule is N#Cc1cccc(Nc2cc(F)c(Cl)cc2N)c1. The molecule has 0 bridgehead atoms. The van der Waals surface area contributed by atoms with E-state index in [0.717, 1.165) is 0 Å². The first-order valence-electron chi connectivity index (χ1n) is 5.12. The first kappa shape index (κ1) is 12.2. The maximum Gasteiger partial charge on any atom is 0.144 e. The molecule has 0 atom stereocenters. The molecule has 2 aromatic carbocycles. The average Bonchev–Trinajstić information content (AvgIpc) is 2.36. The second-order valence-electron chi connectivity index (χ2n) is 3.67. The second kappa shape index (κ2) is 4.94. The first-order valence-corrected chi connectivity index (χ1v) is 5.49. The van der Waals surface area contributed by atoms with Crippen LogP contribution in [0.3, 0.4) is 0 Å². The molecule has 0 saturated carbocycles. The van der Waals surface area contributed by atoms with E-state index in [1.807, 2.05) is 6.07 Å². The van der Waals surface area contributed by atoms with Crippen LogP contribution in [0.15, 0.2) is 36.4 Å². The zero-order valence-corrected chi connectivity index (χ0v) is 10.0. The predicted octanol–water partition coefficient (Wildman–Crippen LogP) is 3.68. The zero-order valence-electron chi connectivity index (χ0n) is 9.24. The number of anilines is 3. The number of hydrogen-bond donors (Lipinski definition) is 2. The molecule has 3 nitrogen and oxygen atoms in total. The number of hydrogen-bond acceptors (Lipinski definition) is 3. The quantitative estimate of drug-likeness (QED) is 0.811. The standard InChI is InChI=1S/C13H9ClFN3/c14-10-5-12(17)13(6-11(10)15)18-9-3-1-2-8(4-9)7-16/h1-6,18H,17H2. The lowest BCUT2D eigenvalue weighted by Crippen LogP contribution is -1.97. The number of nitrogens with two attached hydrogens (primary N) is 1. The minimum Gasteiger partial charge on any atom is -0.397 e. The van der Waals surface area contributed by atoms with Gasteiger partial charge in [0.1, 0.15) is 5.82 Å². The number of benzene rings is 2. The van der Waals surface area contributed by atoms with Crippen LogP contribution in [0.2, 0.25) is 5.02 Å². The second-order valence-corrected chi connectivity index (χ2v) is 4.08. The van der Waals surface area contributed by atoms with Crippen LogP contribution < -0.4 is 11.1 Å². The van der Waals surface area contributed by atoms with Gasteiger partial charge in [-0.1, -0.05) is 17.7 Å². The Labute approximate surface area is 109 Å². The topological polar surface area (TPSA) is 61.8 Å². The minimum atomic E-state index is -0.551. The van der Waals surface area contributed by atoms with Crippen LogP contribution in [0.1, 0.15) is 5.56 Å². The Balaban J connectivity index is 2.34. The summed E-state index contributed by atoms with van der Waals surface area (Å²) < 4.78 is 13.3. The summed E-state index contributed by atoms with van der Waals surface area (Å²) in [6, 6.07) is 11.4. The smallest absolute Gasteiger partial charge is 0.144 e. The number of nitriles is 1. The van der Waals surface area contributed by atoms with Crippen molar-refractivity contribution >= 4 is 28.7 Å². The molecule has 0 radical (unpaired) electrons. The Morgan fingerprint density at radius 2 is 2.06 bits per heavy atom. The lowest BCUT2D eigenvalue weighted by atomic mass is 10.2. The first-order chi connectivity index (χ1) is 8.60. The molecule has 0 amide bonds. The molecule has 0 fully saturated rings. The van der Waals surface area contributed by atoms with E-state index < -0.39 is 5.82 Å². The van der Waals surface area contributed by atoms with Gasteiger partial charge in [-0.15, -0.1) is 0 Å². The molecule has 0 aliphatic heterocycles. The van der Waals surface area contributed by atoms with E-state index in [1.165, 1.54) is 12.1 Å². The number of rotatable bonds is 2. The van der Waals surface area contributed by atoms with E-state index in [9.17, 15) is 4.39 Å². The van der Waals surface area contributed by atoms with Crippen molar-refractivity contribution in [3.8, 4) is 6.07 Å². The van der Waals surface area contributed by atoms with Gasteiger partial charge < -0.3 is 11.1 Å². The number of nitrogens with one attached hydrogen (secondary N) is 1. The Bertz CT molecular complexity index is 635. The molecule has 0 unspecified atom stereocenters. The van der Waals surface area contributed by atoms with Gasteiger partial charge in [-0.3, -0.25) is 0 Å². The van der Waals surface area contributed by atoms with Crippen molar-refractivity contribution in [3.63, 3.8) is 0 Å². The highest BCUT2D eigenvalue weighted by Crippen LogP contribution is 2.28. The van der Waals surface area contributed by atoms with Crippen LogP contribution in [-0.2, 0) is 0 Å². The summed E-state index contributed by atoms with van der Waals surface area (Å²) >= 11 is 5.61. The highest BCUT2D eigenvalue weighted by Gasteiger charge is 2.06. The molecule has 3 N–H and O–H groups in total. The van der Waals surface area contributed by atoms with Crippen LogP contribution in [0.4, 0.5) is 21.5 Å². The molecule has 2 rings (SSSR count). The normalized spacial score (nSPS) is 9.83. The van der Waals surface area contributed by atoms with Gasteiger partial charge in [-0.2, -0.15) is 5.26 Å². The van der Waals surface area contributed by atoms with Crippen LogP contribution in [0.25, 0.3) is 0 Å². The molecule has 0 heterocycles. The third-order valence-electron chi connectivity index (χ3n) is 2.36. The molecule has 2 aromatic rings. The van der Waals surface area contributed by atoms with Gasteiger partial charge >= 0.3 is 0 Å². The molecule has 0 aliphatic rings. The molecular weight excluding hydrogens is 253 g/mol. The maximum absolute atomic E-state index is 13.3. The largest absolute Gasteiger partial charge is 0.397 e. The van der Waals surface area contributed by atoms with E-state index in [1.54, 1.807) is 24.3 Å². The van der Waals surface area contributed by atoms with E-state index in [0.29, 0.717) is 22.6 Å². The van der Waals surface area contributed by atoms with Crippen molar-refractivity contribution < 1.29 is 4.39 Å². The summed E-state index contributed by atoms with van der Waals surface area (Å²) in [6.45, 7) is 0. The zero-order chi connectivity index (χ0) is 13.1. The van der Waals surface area contributed by atoms with Crippen molar-refractivity contribution in [3.05, 3.63) is 52.8 Å². The van der Waals surface area contributed by atoms with Crippen molar-refractivity contribution in [1.82, 2.24) is 0 Å². The fraction of sp³-hybridized carbons (Fsp3) is 0. The minimum absolute atomic E-state index is 0.0242. The number of nitrogen functional groups attached to an aromatic ring is 1. The van der Waals surface area contributed by atoms with Crippen molar-refractivity contribution in [2.45, 2.75) is 0 Å². The van der Waals surface area contributed by atoms with Crippen molar-refractivity contribution in [2.24, 2.45) is 0 Å². The van der Waals surface area contributed by atoms with Crippen LogP contribution >= 0.6 is 11.6 Å². The van der Waals surface area contributed by atoms with Gasteiger partial charge in [0.25, 0.3) is 0 Å². The van der Waals surface area contributed by atoms with Crippen molar-refractivity contribution in [2.75, 3.05) is 11.1 Å². The summed E-state index contributed by atoms with van der Waals surface area (Å²) in [5.41, 5.74) is 7.64. The summed E-state index contributed by atoms with van der Waals surface area (Å²) in [6.07, 6.45) is 0. The van der Waals surface area contributed by atoms with Gasteiger partial charge in [0.2, 0.25) is 0 Å². The monoisotopic (exact) mass is 261 g/mol.